The Labute approximate surface area is 370 Å². The van der Waals surface area contributed by atoms with Crippen molar-refractivity contribution in [1.82, 2.24) is 29.4 Å². The number of aromatic nitrogens is 4. The molecule has 13 nitrogen and oxygen atoms in total. The number of rotatable bonds is 16. The van der Waals surface area contributed by atoms with Crippen LogP contribution >= 0.6 is 23.5 Å². The predicted molar refractivity (Wildman–Crippen MR) is 245 cm³/mol. The van der Waals surface area contributed by atoms with Gasteiger partial charge in [-0.15, -0.1) is 0 Å². The lowest BCUT2D eigenvalue weighted by Crippen LogP contribution is -2.47. The topological polar surface area (TPSA) is 144 Å². The molecule has 2 fully saturated rings. The highest BCUT2D eigenvalue weighted by Crippen LogP contribution is 2.55. The van der Waals surface area contributed by atoms with Gasteiger partial charge in [0.2, 0.25) is 0 Å². The monoisotopic (exact) mass is 874 g/mol. The fraction of sp³-hybridized carbons (Fsp3) is 0.383. The highest BCUT2D eigenvalue weighted by Gasteiger charge is 2.41. The van der Waals surface area contributed by atoms with Crippen LogP contribution in [0.15, 0.2) is 95.8 Å². The van der Waals surface area contributed by atoms with Crippen LogP contribution < -0.4 is 9.62 Å². The third-order valence-corrected chi connectivity index (χ3v) is 13.9. The summed E-state index contributed by atoms with van der Waals surface area (Å²) in [7, 11) is 1.61. The van der Waals surface area contributed by atoms with Crippen molar-refractivity contribution >= 4 is 68.3 Å². The lowest BCUT2D eigenvalue weighted by atomic mass is 9.59. The SMILES string of the molecule is COCCOCCn1cc2c([N+](=O)[O-])cc(SNC(=O)c3ccc(N4CCN(CC5=C(c6ccc(Cl)cc6)CC6(CCC6)CC5)CC4)cc3Cc3cnc4[nH]ccc4c3)cc2n1. The van der Waals surface area contributed by atoms with Crippen molar-refractivity contribution in [2.24, 2.45) is 5.41 Å². The molecular weight excluding hydrogens is 824 g/mol. The van der Waals surface area contributed by atoms with Crippen LogP contribution in [0.25, 0.3) is 27.5 Å². The molecule has 322 valence electrons. The van der Waals surface area contributed by atoms with Crippen molar-refractivity contribution in [3.63, 3.8) is 0 Å². The maximum Gasteiger partial charge on any atom is 0.281 e. The van der Waals surface area contributed by atoms with Gasteiger partial charge in [0.1, 0.15) is 11.2 Å². The van der Waals surface area contributed by atoms with Crippen LogP contribution in [-0.2, 0) is 22.4 Å². The molecule has 4 heterocycles. The van der Waals surface area contributed by atoms with Crippen molar-refractivity contribution in [2.75, 3.05) is 64.6 Å². The van der Waals surface area contributed by atoms with Gasteiger partial charge in [-0.1, -0.05) is 35.7 Å². The number of non-ortho nitro benzene ring substituents is 1. The Morgan fingerprint density at radius 3 is 2.63 bits per heavy atom. The van der Waals surface area contributed by atoms with Gasteiger partial charge in [-0.2, -0.15) is 5.10 Å². The molecule has 1 saturated carbocycles. The van der Waals surface area contributed by atoms with E-state index in [1.165, 1.54) is 49.3 Å². The molecule has 6 aromatic rings. The molecule has 0 radical (unpaired) electrons. The quantitative estimate of drug-likeness (QED) is 0.0418. The van der Waals surface area contributed by atoms with Gasteiger partial charge >= 0.3 is 0 Å². The largest absolute Gasteiger partial charge is 0.382 e. The van der Waals surface area contributed by atoms with Gasteiger partial charge in [-0.3, -0.25) is 29.2 Å². The number of amides is 1. The van der Waals surface area contributed by atoms with E-state index in [1.807, 2.05) is 42.7 Å². The smallest absolute Gasteiger partial charge is 0.281 e. The van der Waals surface area contributed by atoms with Crippen LogP contribution in [-0.4, -0.2) is 95.1 Å². The maximum atomic E-state index is 14.0. The van der Waals surface area contributed by atoms with Gasteiger partial charge < -0.3 is 19.4 Å². The minimum absolute atomic E-state index is 0.0805. The molecule has 1 amide bonds. The first-order valence-electron chi connectivity index (χ1n) is 21.4. The zero-order chi connectivity index (χ0) is 42.6. The Balaban J connectivity index is 0.909. The van der Waals surface area contributed by atoms with E-state index in [2.05, 4.69) is 53.9 Å². The number of nitrogens with zero attached hydrogens (tertiary/aromatic N) is 6. The van der Waals surface area contributed by atoms with Gasteiger partial charge in [0.15, 0.2) is 0 Å². The fourth-order valence-corrected chi connectivity index (χ4v) is 10.1. The number of methoxy groups -OCH3 is 1. The molecule has 3 aromatic carbocycles. The summed E-state index contributed by atoms with van der Waals surface area (Å²) in [6.07, 6.45) is 13.5. The number of halogens is 1. The molecular formula is C47H51ClN8O5S. The Morgan fingerprint density at radius 2 is 1.85 bits per heavy atom. The number of benzene rings is 3. The second-order valence-electron chi connectivity index (χ2n) is 16.8. The lowest BCUT2D eigenvalue weighted by Gasteiger charge is -2.47. The Morgan fingerprint density at radius 1 is 1.02 bits per heavy atom. The van der Waals surface area contributed by atoms with E-state index >= 15 is 0 Å². The van der Waals surface area contributed by atoms with Crippen LogP contribution in [0.4, 0.5) is 11.4 Å². The summed E-state index contributed by atoms with van der Waals surface area (Å²) in [6, 6.07) is 21.9. The number of allylic oxidation sites excluding steroid dienone is 1. The standard InChI is InChI=1S/C47H51ClN8O5S/c1-60-21-22-61-20-19-55-31-42-43(51-55)26-39(27-44(42)56(58)59)62-52-46(57)40-8-7-38(25-36(40)24-32-23-34-10-14-49-45(34)50-29-32)54-17-15-53(16-18-54)30-35-9-13-47(11-2-12-47)28-41(35)33-3-5-37(48)6-4-33/h3-8,10,14,23,25-27,29,31H,2,9,11-13,15-22,24,28,30H2,1H3,(H,49,50)(H,52,57). The number of hydrogen-bond acceptors (Lipinski definition) is 10. The molecule has 2 N–H and O–H groups in total. The summed E-state index contributed by atoms with van der Waals surface area (Å²) in [5.41, 5.74) is 9.58. The van der Waals surface area contributed by atoms with E-state index < -0.39 is 4.92 Å². The molecule has 0 atom stereocenters. The maximum absolute atomic E-state index is 14.0. The molecule has 1 saturated heterocycles. The molecule has 3 aromatic heterocycles. The molecule has 0 bridgehead atoms. The van der Waals surface area contributed by atoms with E-state index in [-0.39, 0.29) is 11.6 Å². The van der Waals surface area contributed by atoms with Crippen LogP contribution in [0.5, 0.6) is 0 Å². The van der Waals surface area contributed by atoms with Gasteiger partial charge in [0.05, 0.1) is 36.7 Å². The average Bonchev–Trinajstić information content (AvgIpc) is 3.92. The summed E-state index contributed by atoms with van der Waals surface area (Å²) in [4.78, 5) is 39.1. The number of ether oxygens (including phenoxy) is 2. The minimum atomic E-state index is -0.419. The number of pyridine rings is 1. The number of nitro groups is 1. The van der Waals surface area contributed by atoms with Crippen LogP contribution in [0, 0.1) is 15.5 Å². The highest BCUT2D eigenvalue weighted by molar-refractivity contribution is 7.98. The summed E-state index contributed by atoms with van der Waals surface area (Å²) in [5.74, 6) is -0.292. The number of aromatic amines is 1. The third-order valence-electron chi connectivity index (χ3n) is 12.9. The number of hydrogen-bond donors (Lipinski definition) is 2. The normalized spacial score (nSPS) is 16.6. The lowest BCUT2D eigenvalue weighted by molar-refractivity contribution is -0.383. The van der Waals surface area contributed by atoms with Gasteiger partial charge in [-0.25, -0.2) is 4.98 Å². The number of nitro benzene ring substituents is 1. The number of anilines is 1. The first kappa shape index (κ1) is 42.1. The summed E-state index contributed by atoms with van der Waals surface area (Å²) in [6.45, 7) is 6.39. The van der Waals surface area contributed by atoms with E-state index in [9.17, 15) is 14.9 Å². The van der Waals surface area contributed by atoms with Crippen molar-refractivity contribution in [3.05, 3.63) is 128 Å². The van der Waals surface area contributed by atoms with E-state index in [0.29, 0.717) is 59.6 Å². The number of H-pyrrole nitrogens is 1. The van der Waals surface area contributed by atoms with Crippen LogP contribution in [0.1, 0.15) is 65.6 Å². The first-order chi connectivity index (χ1) is 30.2. The second-order valence-corrected chi connectivity index (χ2v) is 18.1. The fourth-order valence-electron chi connectivity index (χ4n) is 9.29. The summed E-state index contributed by atoms with van der Waals surface area (Å²) in [5, 5.41) is 18.9. The molecule has 3 aliphatic rings. The molecule has 2 aliphatic carbocycles. The molecule has 0 unspecified atom stereocenters. The summed E-state index contributed by atoms with van der Waals surface area (Å²) >= 11 is 7.34. The number of carbonyl (C=O) groups excluding carboxylic acids is 1. The molecule has 62 heavy (non-hydrogen) atoms. The Hall–Kier alpha value is -5.25. The number of fused-ring (bicyclic) bond motifs is 2. The van der Waals surface area contributed by atoms with Gasteiger partial charge in [-0.05, 0) is 127 Å². The first-order valence-corrected chi connectivity index (χ1v) is 22.6. The van der Waals surface area contributed by atoms with E-state index in [4.69, 9.17) is 21.1 Å². The predicted octanol–water partition coefficient (Wildman–Crippen LogP) is 9.10. The van der Waals surface area contributed by atoms with Crippen LogP contribution in [0.3, 0.4) is 0 Å². The van der Waals surface area contributed by atoms with Crippen molar-refractivity contribution in [1.29, 1.82) is 0 Å². The number of carbonyl (C=O) groups is 1. The van der Waals surface area contributed by atoms with Crippen LogP contribution in [0.2, 0.25) is 5.02 Å². The van der Waals surface area contributed by atoms with Crippen molar-refractivity contribution in [2.45, 2.75) is 56.4 Å². The molecule has 15 heteroatoms. The Bertz CT molecular complexity index is 2610. The summed E-state index contributed by atoms with van der Waals surface area (Å²) < 4.78 is 15.2. The number of piperazine rings is 1. The Kier molecular flexibility index (Phi) is 12.6. The minimum Gasteiger partial charge on any atom is -0.382 e. The van der Waals surface area contributed by atoms with E-state index in [0.717, 1.165) is 84.0 Å². The third kappa shape index (κ3) is 9.40. The van der Waals surface area contributed by atoms with Gasteiger partial charge in [0, 0.05) is 91.0 Å². The van der Waals surface area contributed by atoms with Gasteiger partial charge in [0.25, 0.3) is 11.6 Å². The average molecular weight is 875 g/mol. The molecule has 1 spiro atoms. The zero-order valence-electron chi connectivity index (χ0n) is 34.9. The van der Waals surface area contributed by atoms with E-state index in [1.54, 1.807) is 29.6 Å². The van der Waals surface area contributed by atoms with Crippen molar-refractivity contribution < 1.29 is 19.2 Å². The zero-order valence-corrected chi connectivity index (χ0v) is 36.5. The molecule has 9 rings (SSSR count). The second kappa shape index (κ2) is 18.6. The highest BCUT2D eigenvalue weighted by atomic mass is 35.5. The molecule has 1 aliphatic heterocycles. The number of nitrogens with one attached hydrogen (secondary N) is 2. The van der Waals surface area contributed by atoms with Crippen molar-refractivity contribution in [3.8, 4) is 0 Å².